The Hall–Kier alpha value is -2.71. The van der Waals surface area contributed by atoms with E-state index in [-0.39, 0.29) is 18.3 Å². The molecule has 2 rings (SSSR count). The first-order valence-electron chi connectivity index (χ1n) is 7.22. The molecule has 25 heavy (non-hydrogen) atoms. The Morgan fingerprint density at radius 3 is 2.60 bits per heavy atom. The van der Waals surface area contributed by atoms with Crippen LogP contribution < -0.4 is 10.1 Å². The summed E-state index contributed by atoms with van der Waals surface area (Å²) in [6.07, 6.45) is 0.481. The Morgan fingerprint density at radius 2 is 2.00 bits per heavy atom. The Morgan fingerprint density at radius 1 is 1.32 bits per heavy atom. The highest BCUT2D eigenvalue weighted by Gasteiger charge is 2.41. The minimum Gasteiger partial charge on any atom is -0.471 e. The van der Waals surface area contributed by atoms with Crippen LogP contribution in [0.1, 0.15) is 21.5 Å². The average molecular weight is 357 g/mol. The number of carbonyl (C=O) groups excluding carboxylic acids is 1. The van der Waals surface area contributed by atoms with E-state index in [0.717, 1.165) is 0 Å². The predicted molar refractivity (Wildman–Crippen MR) is 80.8 cm³/mol. The van der Waals surface area contributed by atoms with Crippen LogP contribution in [0.2, 0.25) is 0 Å². The molecule has 134 valence electrons. The lowest BCUT2D eigenvalue weighted by Gasteiger charge is -2.16. The van der Waals surface area contributed by atoms with Gasteiger partial charge in [-0.25, -0.2) is 13.8 Å². The van der Waals surface area contributed by atoms with Gasteiger partial charge in [0.2, 0.25) is 5.88 Å². The maximum atomic E-state index is 12.9. The van der Waals surface area contributed by atoms with Crippen molar-refractivity contribution in [2.45, 2.75) is 25.8 Å². The van der Waals surface area contributed by atoms with Crippen molar-refractivity contribution < 1.29 is 27.1 Å². The second kappa shape index (κ2) is 7.91. The van der Waals surface area contributed by atoms with Gasteiger partial charge in [0.1, 0.15) is 0 Å². The van der Waals surface area contributed by atoms with E-state index in [2.05, 4.69) is 20.0 Å². The average Bonchev–Trinajstić information content (AvgIpc) is 2.59. The van der Waals surface area contributed by atoms with Crippen LogP contribution in [-0.4, -0.2) is 34.8 Å². The van der Waals surface area contributed by atoms with Gasteiger partial charge in [-0.3, -0.25) is 9.78 Å². The lowest BCUT2D eigenvalue weighted by atomic mass is 10.2. The maximum absolute atomic E-state index is 12.9. The number of nitrogens with zero attached hydrogens (tertiary/aromatic N) is 2. The third-order valence-electron chi connectivity index (χ3n) is 3.20. The van der Waals surface area contributed by atoms with Crippen LogP contribution in [0, 0.1) is 6.92 Å². The molecule has 0 aliphatic carbocycles. The Labute approximate surface area is 141 Å². The molecule has 2 heterocycles. The van der Waals surface area contributed by atoms with E-state index in [0.29, 0.717) is 16.7 Å². The molecular formula is C16H15F4N3O2. The van der Waals surface area contributed by atoms with E-state index >= 15 is 0 Å². The van der Waals surface area contributed by atoms with Gasteiger partial charge in [0.15, 0.2) is 6.61 Å². The van der Waals surface area contributed by atoms with E-state index < -0.39 is 19.0 Å². The molecule has 9 heteroatoms. The van der Waals surface area contributed by atoms with Gasteiger partial charge >= 0.3 is 12.3 Å². The summed E-state index contributed by atoms with van der Waals surface area (Å²) in [6, 6.07) is 4.67. The van der Waals surface area contributed by atoms with Crippen LogP contribution in [0.15, 0.2) is 36.8 Å². The lowest BCUT2D eigenvalue weighted by Crippen LogP contribution is -2.34. The maximum Gasteiger partial charge on any atom is 0.340 e. The highest BCUT2D eigenvalue weighted by molar-refractivity contribution is 5.93. The summed E-state index contributed by atoms with van der Waals surface area (Å²) in [5.74, 6) is -4.72. The summed E-state index contributed by atoms with van der Waals surface area (Å²) in [6.45, 7) is 0.232. The number of halogens is 4. The molecule has 5 nitrogen and oxygen atoms in total. The number of pyridine rings is 2. The van der Waals surface area contributed by atoms with Crippen LogP contribution >= 0.6 is 0 Å². The molecule has 1 amide bonds. The molecular weight excluding hydrogens is 342 g/mol. The molecule has 0 unspecified atom stereocenters. The molecule has 0 atom stereocenters. The summed E-state index contributed by atoms with van der Waals surface area (Å²) in [5, 5.41) is 2.67. The molecule has 0 aliphatic heterocycles. The van der Waals surface area contributed by atoms with Gasteiger partial charge < -0.3 is 10.1 Å². The molecule has 2 aromatic rings. The Bertz CT molecular complexity index is 727. The fourth-order valence-corrected chi connectivity index (χ4v) is 1.88. The van der Waals surface area contributed by atoms with Crippen LogP contribution in [0.3, 0.4) is 0 Å². The number of carbonyl (C=O) groups is 1. The normalized spacial score (nSPS) is 11.4. The van der Waals surface area contributed by atoms with Crippen molar-refractivity contribution in [2.24, 2.45) is 0 Å². The molecule has 1 N–H and O–H groups in total. The van der Waals surface area contributed by atoms with Gasteiger partial charge in [0.25, 0.3) is 5.91 Å². The fourth-order valence-electron chi connectivity index (χ4n) is 1.88. The monoisotopic (exact) mass is 357 g/mol. The van der Waals surface area contributed by atoms with Crippen LogP contribution in [-0.2, 0) is 6.54 Å². The first kappa shape index (κ1) is 18.6. The summed E-state index contributed by atoms with van der Waals surface area (Å²) in [4.78, 5) is 19.5. The molecule has 0 bridgehead atoms. The highest BCUT2D eigenvalue weighted by atomic mass is 19.3. The molecule has 0 fully saturated rings. The van der Waals surface area contributed by atoms with E-state index in [9.17, 15) is 22.4 Å². The number of aromatic nitrogens is 2. The quantitative estimate of drug-likeness (QED) is 0.774. The second-order valence-electron chi connectivity index (χ2n) is 5.23. The Kier molecular flexibility index (Phi) is 5.89. The van der Waals surface area contributed by atoms with E-state index in [1.165, 1.54) is 25.5 Å². The van der Waals surface area contributed by atoms with E-state index in [1.807, 2.05) is 0 Å². The molecule has 0 aromatic carbocycles. The summed E-state index contributed by atoms with van der Waals surface area (Å²) in [5.41, 5.74) is 1.43. The van der Waals surface area contributed by atoms with Crippen LogP contribution in [0.5, 0.6) is 5.88 Å². The largest absolute Gasteiger partial charge is 0.471 e. The van der Waals surface area contributed by atoms with E-state index in [4.69, 9.17) is 0 Å². The van der Waals surface area contributed by atoms with Crippen LogP contribution in [0.25, 0.3) is 0 Å². The molecule has 0 radical (unpaired) electrons. The van der Waals surface area contributed by atoms with Gasteiger partial charge in [-0.05, 0) is 30.7 Å². The Balaban J connectivity index is 1.94. The zero-order chi connectivity index (χ0) is 18.4. The van der Waals surface area contributed by atoms with Crippen molar-refractivity contribution in [3.05, 3.63) is 53.5 Å². The standard InChI is InChI=1S/C16H15F4N3O2/c1-10-6-11(7-22-13(24)12-2-4-21-5-3-12)8-23-14(10)25-9-16(19,20)15(17)18/h2-6,8,15H,7,9H2,1H3,(H,22,24). The van der Waals surface area contributed by atoms with Crippen molar-refractivity contribution in [2.75, 3.05) is 6.61 Å². The van der Waals surface area contributed by atoms with Crippen molar-refractivity contribution >= 4 is 5.91 Å². The molecule has 2 aromatic heterocycles. The number of amides is 1. The van der Waals surface area contributed by atoms with Crippen molar-refractivity contribution in [1.29, 1.82) is 0 Å². The summed E-state index contributed by atoms with van der Waals surface area (Å²) >= 11 is 0. The second-order valence-corrected chi connectivity index (χ2v) is 5.23. The number of nitrogens with one attached hydrogen (secondary N) is 1. The third kappa shape index (κ3) is 5.13. The number of rotatable bonds is 7. The number of hydrogen-bond donors (Lipinski definition) is 1. The summed E-state index contributed by atoms with van der Waals surface area (Å²) in [7, 11) is 0. The first-order chi connectivity index (χ1) is 11.8. The topological polar surface area (TPSA) is 64.1 Å². The van der Waals surface area contributed by atoms with Gasteiger partial charge in [0.05, 0.1) is 0 Å². The smallest absolute Gasteiger partial charge is 0.340 e. The number of ether oxygens (including phenoxy) is 1. The zero-order valence-electron chi connectivity index (χ0n) is 13.2. The summed E-state index contributed by atoms with van der Waals surface area (Å²) < 4.78 is 54.6. The van der Waals surface area contributed by atoms with Crippen molar-refractivity contribution in [3.8, 4) is 5.88 Å². The van der Waals surface area contributed by atoms with Gasteiger partial charge in [-0.15, -0.1) is 0 Å². The van der Waals surface area contributed by atoms with Gasteiger partial charge in [0, 0.05) is 36.3 Å². The van der Waals surface area contributed by atoms with Gasteiger partial charge in [-0.1, -0.05) is 0 Å². The molecule has 0 aliphatic rings. The van der Waals surface area contributed by atoms with Crippen LogP contribution in [0.4, 0.5) is 17.6 Å². The van der Waals surface area contributed by atoms with Crippen molar-refractivity contribution in [3.63, 3.8) is 0 Å². The predicted octanol–water partition coefficient (Wildman–Crippen LogP) is 2.99. The number of hydrogen-bond acceptors (Lipinski definition) is 4. The molecule has 0 spiro atoms. The minimum atomic E-state index is -4.24. The first-order valence-corrected chi connectivity index (χ1v) is 7.22. The zero-order valence-corrected chi connectivity index (χ0v) is 13.2. The number of alkyl halides is 4. The number of aryl methyl sites for hydroxylation is 1. The SMILES string of the molecule is Cc1cc(CNC(=O)c2ccncc2)cnc1OCC(F)(F)C(F)F. The fraction of sp³-hybridized carbons (Fsp3) is 0.312. The van der Waals surface area contributed by atoms with Crippen molar-refractivity contribution in [1.82, 2.24) is 15.3 Å². The lowest BCUT2D eigenvalue weighted by molar-refractivity contribution is -0.148. The molecule has 0 saturated carbocycles. The third-order valence-corrected chi connectivity index (χ3v) is 3.20. The highest BCUT2D eigenvalue weighted by Crippen LogP contribution is 2.25. The van der Waals surface area contributed by atoms with E-state index in [1.54, 1.807) is 18.2 Å². The minimum absolute atomic E-state index is 0.155. The van der Waals surface area contributed by atoms with Gasteiger partial charge in [-0.2, -0.15) is 8.78 Å². The molecule has 0 saturated heterocycles.